The van der Waals surface area contributed by atoms with Crippen LogP contribution in [0.15, 0.2) is 48.7 Å². The minimum absolute atomic E-state index is 0.0316. The molecule has 0 radical (unpaired) electrons. The van der Waals surface area contributed by atoms with Crippen molar-refractivity contribution in [1.29, 1.82) is 0 Å². The summed E-state index contributed by atoms with van der Waals surface area (Å²) < 4.78 is 2.11. The van der Waals surface area contributed by atoms with Gasteiger partial charge in [-0.15, -0.1) is 0 Å². The molecule has 118 valence electrons. The van der Waals surface area contributed by atoms with Crippen LogP contribution in [-0.4, -0.2) is 14.9 Å². The van der Waals surface area contributed by atoms with E-state index >= 15 is 0 Å². The van der Waals surface area contributed by atoms with Gasteiger partial charge in [0.05, 0.1) is 0 Å². The van der Waals surface area contributed by atoms with Crippen LogP contribution in [0.5, 0.6) is 0 Å². The zero-order valence-electron chi connectivity index (χ0n) is 14.2. The fraction of sp³-hybridized carbons (Fsp3) is 0.250. The maximum absolute atomic E-state index is 4.79. The molecule has 0 fully saturated rings. The second-order valence-electron chi connectivity index (χ2n) is 6.90. The van der Waals surface area contributed by atoms with Crippen molar-refractivity contribution >= 4 is 23.6 Å². The van der Waals surface area contributed by atoms with E-state index in [0.717, 1.165) is 17.2 Å². The number of benzene rings is 1. The van der Waals surface area contributed by atoms with Crippen LogP contribution in [0.2, 0.25) is 0 Å². The highest BCUT2D eigenvalue weighted by molar-refractivity contribution is 5.76. The molecule has 3 nitrogen and oxygen atoms in total. The Hall–Kier alpha value is -2.55. The third-order valence-corrected chi connectivity index (χ3v) is 3.54. The standard InChI is InChI=1S/C20H23N3/c1-15-12-13-23-18(14-15)21-17(19(23)22-20(2,3)4)11-10-16-8-6-5-7-9-16/h5-14,22H,1-4H3/b11-10+. The van der Waals surface area contributed by atoms with Crippen molar-refractivity contribution in [1.82, 2.24) is 9.38 Å². The largest absolute Gasteiger partial charge is 0.365 e. The smallest absolute Gasteiger partial charge is 0.139 e. The highest BCUT2D eigenvalue weighted by Crippen LogP contribution is 2.24. The first-order chi connectivity index (χ1) is 10.9. The van der Waals surface area contributed by atoms with Crippen LogP contribution in [0.4, 0.5) is 5.82 Å². The molecule has 0 spiro atoms. The van der Waals surface area contributed by atoms with Gasteiger partial charge in [-0.25, -0.2) is 4.98 Å². The van der Waals surface area contributed by atoms with Crippen LogP contribution in [0.1, 0.15) is 37.6 Å². The van der Waals surface area contributed by atoms with E-state index in [9.17, 15) is 0 Å². The molecular formula is C20H23N3. The molecule has 1 aromatic carbocycles. The highest BCUT2D eigenvalue weighted by atomic mass is 15.2. The summed E-state index contributed by atoms with van der Waals surface area (Å²) in [6.07, 6.45) is 6.25. The van der Waals surface area contributed by atoms with Gasteiger partial charge in [-0.1, -0.05) is 36.4 Å². The zero-order valence-corrected chi connectivity index (χ0v) is 14.2. The Balaban J connectivity index is 2.07. The molecule has 3 rings (SSSR count). The quantitative estimate of drug-likeness (QED) is 0.736. The summed E-state index contributed by atoms with van der Waals surface area (Å²) in [4.78, 5) is 4.79. The average Bonchev–Trinajstić information content (AvgIpc) is 2.81. The number of hydrogen-bond acceptors (Lipinski definition) is 2. The maximum Gasteiger partial charge on any atom is 0.139 e. The Kier molecular flexibility index (Phi) is 3.95. The minimum atomic E-state index is -0.0316. The van der Waals surface area contributed by atoms with Gasteiger partial charge in [-0.05, 0) is 57.0 Å². The lowest BCUT2D eigenvalue weighted by Crippen LogP contribution is -2.27. The van der Waals surface area contributed by atoms with Crippen molar-refractivity contribution in [2.75, 3.05) is 5.32 Å². The van der Waals surface area contributed by atoms with Gasteiger partial charge in [-0.2, -0.15) is 0 Å². The molecule has 3 heteroatoms. The lowest BCUT2D eigenvalue weighted by molar-refractivity contribution is 0.629. The van der Waals surface area contributed by atoms with E-state index in [-0.39, 0.29) is 5.54 Å². The van der Waals surface area contributed by atoms with Gasteiger partial charge in [-0.3, -0.25) is 4.40 Å². The summed E-state index contributed by atoms with van der Waals surface area (Å²) in [7, 11) is 0. The number of aryl methyl sites for hydroxylation is 1. The van der Waals surface area contributed by atoms with E-state index in [1.54, 1.807) is 0 Å². The van der Waals surface area contributed by atoms with Crippen molar-refractivity contribution in [3.63, 3.8) is 0 Å². The average molecular weight is 305 g/mol. The fourth-order valence-electron chi connectivity index (χ4n) is 2.50. The molecule has 0 aliphatic rings. The van der Waals surface area contributed by atoms with Crippen LogP contribution in [-0.2, 0) is 0 Å². The summed E-state index contributed by atoms with van der Waals surface area (Å²) in [6.45, 7) is 8.56. The molecule has 0 aliphatic heterocycles. The van der Waals surface area contributed by atoms with Crippen molar-refractivity contribution in [2.45, 2.75) is 33.2 Å². The van der Waals surface area contributed by atoms with Crippen LogP contribution in [0.25, 0.3) is 17.8 Å². The summed E-state index contributed by atoms with van der Waals surface area (Å²) in [5.74, 6) is 1.03. The van der Waals surface area contributed by atoms with Crippen molar-refractivity contribution in [3.05, 3.63) is 65.5 Å². The van der Waals surface area contributed by atoms with Gasteiger partial charge >= 0.3 is 0 Å². The van der Waals surface area contributed by atoms with Crippen LogP contribution in [0.3, 0.4) is 0 Å². The molecule has 0 atom stereocenters. The molecule has 0 aliphatic carbocycles. The normalized spacial score (nSPS) is 12.2. The number of imidazole rings is 1. The lowest BCUT2D eigenvalue weighted by atomic mass is 10.1. The van der Waals surface area contributed by atoms with Crippen LogP contribution < -0.4 is 5.32 Å². The Bertz CT molecular complexity index is 836. The zero-order chi connectivity index (χ0) is 16.4. The monoisotopic (exact) mass is 305 g/mol. The topological polar surface area (TPSA) is 29.3 Å². The van der Waals surface area contributed by atoms with Gasteiger partial charge < -0.3 is 5.32 Å². The number of pyridine rings is 1. The first-order valence-electron chi connectivity index (χ1n) is 7.92. The van der Waals surface area contributed by atoms with Gasteiger partial charge in [0, 0.05) is 11.7 Å². The lowest BCUT2D eigenvalue weighted by Gasteiger charge is -2.22. The van der Waals surface area contributed by atoms with Crippen molar-refractivity contribution in [3.8, 4) is 0 Å². The van der Waals surface area contributed by atoms with E-state index in [1.807, 2.05) is 18.2 Å². The summed E-state index contributed by atoms with van der Waals surface area (Å²) >= 11 is 0. The molecule has 0 bridgehead atoms. The summed E-state index contributed by atoms with van der Waals surface area (Å²) in [5, 5.41) is 3.58. The van der Waals surface area contributed by atoms with Crippen LogP contribution in [0, 0.1) is 6.92 Å². The summed E-state index contributed by atoms with van der Waals surface area (Å²) in [6, 6.07) is 14.5. The number of fused-ring (bicyclic) bond motifs is 1. The van der Waals surface area contributed by atoms with Gasteiger partial charge in [0.25, 0.3) is 0 Å². The predicted octanol–water partition coefficient (Wildman–Crippen LogP) is 5.02. The Morgan fingerprint density at radius 3 is 2.48 bits per heavy atom. The van der Waals surface area contributed by atoms with E-state index in [1.165, 1.54) is 11.1 Å². The number of hydrogen-bond donors (Lipinski definition) is 1. The number of anilines is 1. The SMILES string of the molecule is Cc1ccn2c(NC(C)(C)C)c(/C=C/c3ccccc3)nc2c1. The fourth-order valence-corrected chi connectivity index (χ4v) is 2.50. The Morgan fingerprint density at radius 2 is 1.78 bits per heavy atom. The van der Waals surface area contributed by atoms with E-state index in [4.69, 9.17) is 4.98 Å². The maximum atomic E-state index is 4.79. The first-order valence-corrected chi connectivity index (χ1v) is 7.92. The highest BCUT2D eigenvalue weighted by Gasteiger charge is 2.16. The second-order valence-corrected chi connectivity index (χ2v) is 6.90. The minimum Gasteiger partial charge on any atom is -0.365 e. The van der Waals surface area contributed by atoms with E-state index < -0.39 is 0 Å². The molecule has 2 aromatic heterocycles. The third-order valence-electron chi connectivity index (χ3n) is 3.54. The molecular weight excluding hydrogens is 282 g/mol. The molecule has 0 unspecified atom stereocenters. The number of aromatic nitrogens is 2. The number of nitrogens with zero attached hydrogens (tertiary/aromatic N) is 2. The molecule has 1 N–H and O–H groups in total. The van der Waals surface area contributed by atoms with Crippen molar-refractivity contribution < 1.29 is 0 Å². The third kappa shape index (κ3) is 3.62. The summed E-state index contributed by atoms with van der Waals surface area (Å²) in [5.41, 5.74) is 4.26. The van der Waals surface area contributed by atoms with Gasteiger partial charge in [0.2, 0.25) is 0 Å². The molecule has 0 saturated carbocycles. The number of rotatable bonds is 3. The Labute approximate surface area is 137 Å². The van der Waals surface area contributed by atoms with Gasteiger partial charge in [0.1, 0.15) is 17.2 Å². The van der Waals surface area contributed by atoms with E-state index in [0.29, 0.717) is 0 Å². The molecule has 0 saturated heterocycles. The first kappa shape index (κ1) is 15.3. The molecule has 3 aromatic rings. The molecule has 0 amide bonds. The second kappa shape index (κ2) is 5.92. The van der Waals surface area contributed by atoms with E-state index in [2.05, 4.69) is 80.0 Å². The predicted molar refractivity (Wildman–Crippen MR) is 98.7 cm³/mol. The number of nitrogens with one attached hydrogen (secondary N) is 1. The van der Waals surface area contributed by atoms with Crippen LogP contribution >= 0.6 is 0 Å². The van der Waals surface area contributed by atoms with Gasteiger partial charge in [0.15, 0.2) is 0 Å². The molecule has 23 heavy (non-hydrogen) atoms. The molecule has 2 heterocycles. The van der Waals surface area contributed by atoms with Crippen molar-refractivity contribution in [2.24, 2.45) is 0 Å². The Morgan fingerprint density at radius 1 is 1.04 bits per heavy atom.